The van der Waals surface area contributed by atoms with Gasteiger partial charge in [-0.2, -0.15) is 0 Å². The monoisotopic (exact) mass is 414 g/mol. The average Bonchev–Trinajstić information content (AvgIpc) is 2.78. The molecule has 1 atom stereocenters. The molecule has 0 saturated heterocycles. The molecule has 0 unspecified atom stereocenters. The van der Waals surface area contributed by atoms with E-state index in [-0.39, 0.29) is 17.7 Å². The van der Waals surface area contributed by atoms with Crippen LogP contribution < -0.4 is 15.4 Å². The van der Waals surface area contributed by atoms with Gasteiger partial charge in [-0.15, -0.1) is 0 Å². The van der Waals surface area contributed by atoms with Gasteiger partial charge in [-0.25, -0.2) is 0 Å². The van der Waals surface area contributed by atoms with E-state index in [1.54, 1.807) is 12.1 Å². The van der Waals surface area contributed by atoms with Crippen LogP contribution in [0.3, 0.4) is 0 Å². The van der Waals surface area contributed by atoms with Crippen LogP contribution in [0.25, 0.3) is 0 Å². The number of amides is 2. The summed E-state index contributed by atoms with van der Waals surface area (Å²) in [5.41, 5.74) is 5.58. The molecule has 2 N–H and O–H groups in total. The SMILES string of the molecule is Cc1ccc(CNC(=O)[C@H]2COc3ccc(NC(=O)c4ccc(C)cc4)cc3C2)cc1. The highest BCUT2D eigenvalue weighted by Crippen LogP contribution is 2.30. The molecule has 0 spiro atoms. The maximum absolute atomic E-state index is 12.7. The van der Waals surface area contributed by atoms with Crippen LogP contribution in [0, 0.1) is 19.8 Å². The van der Waals surface area contributed by atoms with E-state index in [0.29, 0.717) is 30.8 Å². The molecule has 0 bridgehead atoms. The second kappa shape index (κ2) is 9.04. The van der Waals surface area contributed by atoms with E-state index in [1.165, 1.54) is 5.56 Å². The first-order valence-corrected chi connectivity index (χ1v) is 10.4. The summed E-state index contributed by atoms with van der Waals surface area (Å²) in [6, 6.07) is 21.1. The molecule has 0 fully saturated rings. The molecular weight excluding hydrogens is 388 g/mol. The second-order valence-electron chi connectivity index (χ2n) is 8.06. The Bertz CT molecular complexity index is 1090. The molecule has 158 valence electrons. The van der Waals surface area contributed by atoms with E-state index in [2.05, 4.69) is 10.6 Å². The van der Waals surface area contributed by atoms with E-state index >= 15 is 0 Å². The number of ether oxygens (including phenoxy) is 1. The van der Waals surface area contributed by atoms with Gasteiger partial charge < -0.3 is 15.4 Å². The number of anilines is 1. The lowest BCUT2D eigenvalue weighted by Gasteiger charge is -2.25. The number of hydrogen-bond donors (Lipinski definition) is 2. The van der Waals surface area contributed by atoms with Gasteiger partial charge in [0.05, 0.1) is 5.92 Å². The van der Waals surface area contributed by atoms with Gasteiger partial charge in [-0.05, 0) is 61.7 Å². The molecule has 0 saturated carbocycles. The van der Waals surface area contributed by atoms with Crippen LogP contribution in [0.4, 0.5) is 5.69 Å². The van der Waals surface area contributed by atoms with Crippen molar-refractivity contribution < 1.29 is 14.3 Å². The van der Waals surface area contributed by atoms with Crippen LogP contribution in [-0.2, 0) is 17.8 Å². The van der Waals surface area contributed by atoms with Crippen LogP contribution >= 0.6 is 0 Å². The van der Waals surface area contributed by atoms with Crippen LogP contribution in [0.5, 0.6) is 5.75 Å². The molecule has 1 heterocycles. The zero-order valence-electron chi connectivity index (χ0n) is 17.8. The summed E-state index contributed by atoms with van der Waals surface area (Å²) in [6.45, 7) is 4.87. The first kappa shape index (κ1) is 20.7. The Balaban J connectivity index is 1.38. The van der Waals surface area contributed by atoms with Crippen LogP contribution in [0.15, 0.2) is 66.7 Å². The van der Waals surface area contributed by atoms with Crippen molar-refractivity contribution in [3.05, 3.63) is 94.5 Å². The third-order valence-corrected chi connectivity index (χ3v) is 5.50. The summed E-state index contributed by atoms with van der Waals surface area (Å²) < 4.78 is 5.81. The number of carbonyl (C=O) groups excluding carboxylic acids is 2. The maximum atomic E-state index is 12.7. The summed E-state index contributed by atoms with van der Waals surface area (Å²) in [5, 5.41) is 5.93. The van der Waals surface area contributed by atoms with Crippen molar-refractivity contribution in [2.45, 2.75) is 26.8 Å². The molecule has 2 amide bonds. The number of rotatable bonds is 5. The summed E-state index contributed by atoms with van der Waals surface area (Å²) >= 11 is 0. The number of fused-ring (bicyclic) bond motifs is 1. The Kier molecular flexibility index (Phi) is 6.03. The molecule has 0 radical (unpaired) electrons. The Hall–Kier alpha value is -3.60. The maximum Gasteiger partial charge on any atom is 0.255 e. The number of benzene rings is 3. The van der Waals surface area contributed by atoms with Crippen molar-refractivity contribution >= 4 is 17.5 Å². The van der Waals surface area contributed by atoms with E-state index in [4.69, 9.17) is 4.74 Å². The number of carbonyl (C=O) groups is 2. The van der Waals surface area contributed by atoms with Crippen LogP contribution in [0.2, 0.25) is 0 Å². The lowest BCUT2D eigenvalue weighted by molar-refractivity contribution is -0.126. The van der Waals surface area contributed by atoms with Crippen molar-refractivity contribution in [3.63, 3.8) is 0 Å². The fraction of sp³-hybridized carbons (Fsp3) is 0.231. The van der Waals surface area contributed by atoms with Gasteiger partial charge in [0.15, 0.2) is 0 Å². The lowest BCUT2D eigenvalue weighted by atomic mass is 9.95. The third kappa shape index (κ3) is 5.12. The molecule has 1 aliphatic rings. The van der Waals surface area contributed by atoms with Crippen molar-refractivity contribution in [3.8, 4) is 5.75 Å². The predicted octanol–water partition coefficient (Wildman–Crippen LogP) is 4.42. The fourth-order valence-corrected chi connectivity index (χ4v) is 3.59. The van der Waals surface area contributed by atoms with Crippen LogP contribution in [-0.4, -0.2) is 18.4 Å². The topological polar surface area (TPSA) is 67.4 Å². The molecule has 3 aromatic carbocycles. The quantitative estimate of drug-likeness (QED) is 0.649. The average molecular weight is 415 g/mol. The van der Waals surface area contributed by atoms with Gasteiger partial charge in [0.1, 0.15) is 12.4 Å². The zero-order valence-corrected chi connectivity index (χ0v) is 17.8. The van der Waals surface area contributed by atoms with Gasteiger partial charge in [-0.1, -0.05) is 47.5 Å². The molecule has 0 aliphatic carbocycles. The van der Waals surface area contributed by atoms with Gasteiger partial charge in [0, 0.05) is 17.8 Å². The Morgan fingerprint density at radius 3 is 2.32 bits per heavy atom. The van der Waals surface area contributed by atoms with Gasteiger partial charge in [0.2, 0.25) is 5.91 Å². The van der Waals surface area contributed by atoms with Crippen molar-refractivity contribution in [1.82, 2.24) is 5.32 Å². The first-order valence-electron chi connectivity index (χ1n) is 10.4. The van der Waals surface area contributed by atoms with Crippen molar-refractivity contribution in [1.29, 1.82) is 0 Å². The summed E-state index contributed by atoms with van der Waals surface area (Å²) in [6.07, 6.45) is 0.573. The molecule has 5 nitrogen and oxygen atoms in total. The van der Waals surface area contributed by atoms with E-state index in [0.717, 1.165) is 22.4 Å². The Morgan fingerprint density at radius 2 is 1.61 bits per heavy atom. The summed E-state index contributed by atoms with van der Waals surface area (Å²) in [4.78, 5) is 25.2. The molecular formula is C26H26N2O3. The van der Waals surface area contributed by atoms with E-state index < -0.39 is 0 Å². The minimum absolute atomic E-state index is 0.0275. The molecule has 5 heteroatoms. The lowest BCUT2D eigenvalue weighted by Crippen LogP contribution is -2.37. The summed E-state index contributed by atoms with van der Waals surface area (Å²) in [5.74, 6) is 0.307. The molecule has 31 heavy (non-hydrogen) atoms. The normalized spacial score (nSPS) is 14.8. The van der Waals surface area contributed by atoms with E-state index in [1.807, 2.05) is 68.4 Å². The summed E-state index contributed by atoms with van der Waals surface area (Å²) in [7, 11) is 0. The van der Waals surface area contributed by atoms with Gasteiger partial charge in [0.25, 0.3) is 5.91 Å². The highest BCUT2D eigenvalue weighted by molar-refractivity contribution is 6.04. The van der Waals surface area contributed by atoms with Gasteiger partial charge in [-0.3, -0.25) is 9.59 Å². The highest BCUT2D eigenvalue weighted by Gasteiger charge is 2.26. The first-order chi connectivity index (χ1) is 15.0. The largest absolute Gasteiger partial charge is 0.492 e. The Morgan fingerprint density at radius 1 is 0.935 bits per heavy atom. The van der Waals surface area contributed by atoms with Crippen LogP contribution in [0.1, 0.15) is 32.6 Å². The Labute approximate surface area is 182 Å². The standard InChI is InChI=1S/C26H26N2O3/c1-17-3-7-19(8-4-17)15-27-25(29)22-13-21-14-23(11-12-24(21)31-16-22)28-26(30)20-9-5-18(2)6-10-20/h3-12,14,22H,13,15-16H2,1-2H3,(H,27,29)(H,28,30)/t22-/m1/s1. The van der Waals surface area contributed by atoms with E-state index in [9.17, 15) is 9.59 Å². The number of nitrogens with one attached hydrogen (secondary N) is 2. The third-order valence-electron chi connectivity index (χ3n) is 5.50. The second-order valence-corrected chi connectivity index (χ2v) is 8.06. The van der Waals surface area contributed by atoms with Crippen molar-refractivity contribution in [2.75, 3.05) is 11.9 Å². The minimum Gasteiger partial charge on any atom is -0.492 e. The number of hydrogen-bond acceptors (Lipinski definition) is 3. The molecule has 0 aromatic heterocycles. The predicted molar refractivity (Wildman–Crippen MR) is 121 cm³/mol. The molecule has 3 aromatic rings. The van der Waals surface area contributed by atoms with Crippen molar-refractivity contribution in [2.24, 2.45) is 5.92 Å². The molecule has 4 rings (SSSR count). The minimum atomic E-state index is -0.263. The number of aryl methyl sites for hydroxylation is 2. The van der Waals surface area contributed by atoms with Gasteiger partial charge >= 0.3 is 0 Å². The zero-order chi connectivity index (χ0) is 21.8. The molecule has 1 aliphatic heterocycles. The smallest absolute Gasteiger partial charge is 0.255 e. The highest BCUT2D eigenvalue weighted by atomic mass is 16.5. The fourth-order valence-electron chi connectivity index (χ4n) is 3.59.